The number of ether oxygens (including phenoxy) is 1. The first-order valence-electron chi connectivity index (χ1n) is 9.70. The third kappa shape index (κ3) is 4.73. The van der Waals surface area contributed by atoms with Crippen molar-refractivity contribution in [3.8, 4) is 5.75 Å². The van der Waals surface area contributed by atoms with Crippen LogP contribution >= 0.6 is 11.6 Å². The number of carbonyl (C=O) groups is 2. The fourth-order valence-corrected chi connectivity index (χ4v) is 3.23. The summed E-state index contributed by atoms with van der Waals surface area (Å²) in [6, 6.07) is 23.5. The van der Waals surface area contributed by atoms with E-state index >= 15 is 0 Å². The number of nitrogens with zero attached hydrogens (tertiary/aromatic N) is 2. The van der Waals surface area contributed by atoms with Gasteiger partial charge >= 0.3 is 0 Å². The predicted octanol–water partition coefficient (Wildman–Crippen LogP) is 5.36. The molecule has 3 aromatic carbocycles. The van der Waals surface area contributed by atoms with Crippen molar-refractivity contribution in [2.24, 2.45) is 5.10 Å². The van der Waals surface area contributed by atoms with Crippen molar-refractivity contribution in [3.63, 3.8) is 0 Å². The molecule has 1 aliphatic rings. The van der Waals surface area contributed by atoms with Crippen molar-refractivity contribution in [2.75, 3.05) is 0 Å². The first-order chi connectivity index (χ1) is 15.0. The minimum atomic E-state index is -0.445. The minimum absolute atomic E-state index is 0.388. The lowest BCUT2D eigenvalue weighted by Crippen LogP contribution is -2.29. The Balaban J connectivity index is 1.44. The molecule has 0 N–H and O–H groups in total. The van der Waals surface area contributed by atoms with Crippen LogP contribution in [0, 0.1) is 0 Å². The van der Waals surface area contributed by atoms with Crippen molar-refractivity contribution >= 4 is 35.2 Å². The van der Waals surface area contributed by atoms with E-state index in [2.05, 4.69) is 5.10 Å². The second-order valence-corrected chi connectivity index (χ2v) is 7.45. The van der Waals surface area contributed by atoms with E-state index < -0.39 is 11.8 Å². The van der Waals surface area contributed by atoms with Gasteiger partial charge in [0.2, 0.25) is 0 Å². The Morgan fingerprint density at radius 2 is 1.68 bits per heavy atom. The molecular formula is C25H19ClN2O3. The van der Waals surface area contributed by atoms with Gasteiger partial charge < -0.3 is 4.74 Å². The highest BCUT2D eigenvalue weighted by Crippen LogP contribution is 2.22. The monoisotopic (exact) mass is 430 g/mol. The molecule has 0 atom stereocenters. The molecule has 1 aliphatic heterocycles. The van der Waals surface area contributed by atoms with Crippen LogP contribution in [0.4, 0.5) is 0 Å². The molecule has 0 saturated carbocycles. The molecule has 0 bridgehead atoms. The number of hydrazone groups is 1. The van der Waals surface area contributed by atoms with E-state index in [9.17, 15) is 9.59 Å². The molecule has 4 rings (SSSR count). The standard InChI is InChI=1S/C25H19ClN2O3/c1-17-23(25(30)28(27-17)24(29)20-5-3-2-4-6-20)15-18-9-13-22(14-10-18)31-16-19-7-11-21(26)12-8-19/h2-15H,16H2,1H3/b23-15+. The average Bonchev–Trinajstić information content (AvgIpc) is 3.08. The number of halogens is 1. The Bertz CT molecular complexity index is 1170. The van der Waals surface area contributed by atoms with Crippen molar-refractivity contribution in [3.05, 3.63) is 106 Å². The Morgan fingerprint density at radius 1 is 1.00 bits per heavy atom. The van der Waals surface area contributed by atoms with Crippen LogP contribution in [0.2, 0.25) is 5.02 Å². The van der Waals surface area contributed by atoms with E-state index in [1.165, 1.54) is 0 Å². The number of carbonyl (C=O) groups excluding carboxylic acids is 2. The summed E-state index contributed by atoms with van der Waals surface area (Å²) >= 11 is 5.89. The summed E-state index contributed by atoms with van der Waals surface area (Å²) < 4.78 is 5.79. The van der Waals surface area contributed by atoms with Gasteiger partial charge in [-0.1, -0.05) is 54.1 Å². The van der Waals surface area contributed by atoms with Crippen LogP contribution in [0.15, 0.2) is 89.5 Å². The zero-order valence-corrected chi connectivity index (χ0v) is 17.5. The molecule has 2 amide bonds. The SMILES string of the molecule is CC1=NN(C(=O)c2ccccc2)C(=O)/C1=C/c1ccc(OCc2ccc(Cl)cc2)cc1. The molecule has 0 fully saturated rings. The highest BCUT2D eigenvalue weighted by molar-refractivity contribution is 6.31. The third-order valence-electron chi connectivity index (χ3n) is 4.79. The van der Waals surface area contributed by atoms with E-state index in [0.717, 1.165) is 16.1 Å². The molecule has 0 aromatic heterocycles. The number of hydrogen-bond acceptors (Lipinski definition) is 4. The molecule has 6 heteroatoms. The van der Waals surface area contributed by atoms with Gasteiger partial charge in [-0.05, 0) is 60.5 Å². The highest BCUT2D eigenvalue weighted by atomic mass is 35.5. The fourth-order valence-electron chi connectivity index (χ4n) is 3.10. The van der Waals surface area contributed by atoms with Crippen LogP contribution in [0.5, 0.6) is 5.75 Å². The second-order valence-electron chi connectivity index (χ2n) is 7.02. The smallest absolute Gasteiger partial charge is 0.283 e. The van der Waals surface area contributed by atoms with E-state index in [1.54, 1.807) is 37.3 Å². The van der Waals surface area contributed by atoms with Crippen LogP contribution in [-0.2, 0) is 11.4 Å². The zero-order chi connectivity index (χ0) is 21.8. The topological polar surface area (TPSA) is 59.0 Å². The van der Waals surface area contributed by atoms with Crippen LogP contribution < -0.4 is 4.74 Å². The molecule has 0 aliphatic carbocycles. The summed E-state index contributed by atoms with van der Waals surface area (Å²) in [5.74, 6) is -0.171. The van der Waals surface area contributed by atoms with Gasteiger partial charge in [-0.25, -0.2) is 0 Å². The fraction of sp³-hybridized carbons (Fsp3) is 0.0800. The maximum Gasteiger partial charge on any atom is 0.283 e. The summed E-state index contributed by atoms with van der Waals surface area (Å²) in [6.07, 6.45) is 1.72. The van der Waals surface area contributed by atoms with E-state index in [4.69, 9.17) is 16.3 Å². The maximum absolute atomic E-state index is 12.8. The van der Waals surface area contributed by atoms with Crippen molar-refractivity contribution < 1.29 is 14.3 Å². The van der Waals surface area contributed by atoms with Gasteiger partial charge in [0, 0.05) is 10.6 Å². The van der Waals surface area contributed by atoms with Gasteiger partial charge in [0.25, 0.3) is 11.8 Å². The Morgan fingerprint density at radius 3 is 2.35 bits per heavy atom. The number of hydrogen-bond donors (Lipinski definition) is 0. The van der Waals surface area contributed by atoms with Crippen LogP contribution in [0.1, 0.15) is 28.4 Å². The van der Waals surface area contributed by atoms with E-state index in [1.807, 2.05) is 54.6 Å². The molecule has 0 radical (unpaired) electrons. The van der Waals surface area contributed by atoms with Crippen LogP contribution in [0.25, 0.3) is 6.08 Å². The first kappa shape index (κ1) is 20.6. The van der Waals surface area contributed by atoms with Crippen molar-refractivity contribution in [2.45, 2.75) is 13.5 Å². The highest BCUT2D eigenvalue weighted by Gasteiger charge is 2.32. The Labute approximate surface area is 185 Å². The number of imide groups is 1. The van der Waals surface area contributed by atoms with Gasteiger partial charge in [-0.3, -0.25) is 9.59 Å². The number of benzene rings is 3. The molecule has 5 nitrogen and oxygen atoms in total. The number of rotatable bonds is 5. The van der Waals surface area contributed by atoms with Crippen molar-refractivity contribution in [1.29, 1.82) is 0 Å². The molecule has 0 saturated heterocycles. The third-order valence-corrected chi connectivity index (χ3v) is 5.04. The van der Waals surface area contributed by atoms with Gasteiger partial charge in [0.05, 0.1) is 11.3 Å². The molecule has 0 spiro atoms. The van der Waals surface area contributed by atoms with Crippen molar-refractivity contribution in [1.82, 2.24) is 5.01 Å². The largest absolute Gasteiger partial charge is 0.489 e. The number of amides is 2. The lowest BCUT2D eigenvalue weighted by atomic mass is 10.1. The van der Waals surface area contributed by atoms with E-state index in [-0.39, 0.29) is 0 Å². The van der Waals surface area contributed by atoms with Gasteiger partial charge in [0.1, 0.15) is 12.4 Å². The Hall–Kier alpha value is -3.70. The second kappa shape index (κ2) is 8.98. The summed E-state index contributed by atoms with van der Waals surface area (Å²) in [5.41, 5.74) is 3.13. The molecule has 1 heterocycles. The Kier molecular flexibility index (Phi) is 5.96. The molecule has 31 heavy (non-hydrogen) atoms. The van der Waals surface area contributed by atoms with Gasteiger partial charge in [-0.15, -0.1) is 0 Å². The zero-order valence-electron chi connectivity index (χ0n) is 16.8. The lowest BCUT2D eigenvalue weighted by Gasteiger charge is -2.09. The maximum atomic E-state index is 12.8. The molecule has 3 aromatic rings. The normalized spacial score (nSPS) is 14.6. The molecular weight excluding hydrogens is 412 g/mol. The van der Waals surface area contributed by atoms with Gasteiger partial charge in [0.15, 0.2) is 0 Å². The van der Waals surface area contributed by atoms with E-state index in [0.29, 0.717) is 34.2 Å². The molecule has 0 unspecified atom stereocenters. The predicted molar refractivity (Wildman–Crippen MR) is 121 cm³/mol. The quantitative estimate of drug-likeness (QED) is 0.404. The molecule has 154 valence electrons. The minimum Gasteiger partial charge on any atom is -0.489 e. The summed E-state index contributed by atoms with van der Waals surface area (Å²) in [6.45, 7) is 2.14. The lowest BCUT2D eigenvalue weighted by molar-refractivity contribution is -0.123. The average molecular weight is 431 g/mol. The summed E-state index contributed by atoms with van der Waals surface area (Å²) in [5, 5.41) is 5.76. The summed E-state index contributed by atoms with van der Waals surface area (Å²) in [4.78, 5) is 25.4. The van der Waals surface area contributed by atoms with Crippen LogP contribution in [-0.4, -0.2) is 22.5 Å². The summed E-state index contributed by atoms with van der Waals surface area (Å²) in [7, 11) is 0. The first-order valence-corrected chi connectivity index (χ1v) is 10.1. The van der Waals surface area contributed by atoms with Gasteiger partial charge in [-0.2, -0.15) is 10.1 Å². The van der Waals surface area contributed by atoms with Crippen LogP contribution in [0.3, 0.4) is 0 Å².